The van der Waals surface area contributed by atoms with Crippen LogP contribution >= 0.6 is 0 Å². The minimum absolute atomic E-state index is 0.0360. The third-order valence-corrected chi connectivity index (χ3v) is 3.09. The molecule has 0 aromatic heterocycles. The van der Waals surface area contributed by atoms with Crippen LogP contribution in [-0.4, -0.2) is 20.9 Å². The van der Waals surface area contributed by atoms with E-state index in [0.717, 1.165) is 5.56 Å². The number of primary sulfonamides is 1. The Hall–Kier alpha value is -1.44. The Morgan fingerprint density at radius 2 is 2.06 bits per heavy atom. The average Bonchev–Trinajstić information content (AvgIpc) is 2.20. The fourth-order valence-corrected chi connectivity index (χ4v) is 1.80. The number of carbonyl (C=O) groups excluding carboxylic acids is 1. The highest BCUT2D eigenvalue weighted by atomic mass is 32.2. The Bertz CT molecular complexity index is 526. The molecule has 0 saturated heterocycles. The topological polar surface area (TPSA) is 115 Å². The van der Waals surface area contributed by atoms with Crippen LogP contribution in [0.15, 0.2) is 23.1 Å². The lowest BCUT2D eigenvalue weighted by atomic mass is 10.2. The Balaban J connectivity index is 3.03. The van der Waals surface area contributed by atoms with Gasteiger partial charge in [-0.25, -0.2) is 13.6 Å². The van der Waals surface area contributed by atoms with Gasteiger partial charge < -0.3 is 11.1 Å². The van der Waals surface area contributed by atoms with E-state index in [9.17, 15) is 13.2 Å². The first-order valence-corrected chi connectivity index (χ1v) is 6.52. The second-order valence-electron chi connectivity index (χ2n) is 3.61. The first-order chi connectivity index (χ1) is 7.84. The molecule has 0 atom stereocenters. The largest absolute Gasteiger partial charge is 0.330 e. The number of anilines is 1. The van der Waals surface area contributed by atoms with Gasteiger partial charge in [0.05, 0.1) is 4.90 Å². The number of nitrogens with two attached hydrogens (primary N) is 2. The summed E-state index contributed by atoms with van der Waals surface area (Å²) < 4.78 is 22.3. The number of amides is 1. The van der Waals surface area contributed by atoms with Gasteiger partial charge in [0, 0.05) is 18.7 Å². The van der Waals surface area contributed by atoms with Crippen LogP contribution in [0.5, 0.6) is 0 Å². The summed E-state index contributed by atoms with van der Waals surface area (Å²) >= 11 is 0. The zero-order valence-corrected chi connectivity index (χ0v) is 10.3. The molecule has 0 spiro atoms. The molecule has 0 aliphatic rings. The summed E-state index contributed by atoms with van der Waals surface area (Å²) in [6, 6.07) is 4.31. The molecule has 0 saturated carbocycles. The van der Waals surface area contributed by atoms with Crippen molar-refractivity contribution in [2.45, 2.75) is 18.2 Å². The Kier molecular flexibility index (Phi) is 4.22. The summed E-state index contributed by atoms with van der Waals surface area (Å²) in [7, 11) is -3.77. The van der Waals surface area contributed by atoms with Crippen LogP contribution in [0.4, 0.5) is 5.69 Å². The van der Waals surface area contributed by atoms with Gasteiger partial charge in [-0.2, -0.15) is 0 Å². The molecule has 6 nitrogen and oxygen atoms in total. The molecule has 17 heavy (non-hydrogen) atoms. The van der Waals surface area contributed by atoms with Crippen LogP contribution in [0, 0.1) is 6.92 Å². The molecule has 0 aliphatic carbocycles. The van der Waals surface area contributed by atoms with Gasteiger partial charge in [-0.1, -0.05) is 6.07 Å². The predicted molar refractivity (Wildman–Crippen MR) is 64.9 cm³/mol. The monoisotopic (exact) mass is 257 g/mol. The molecule has 1 aromatic rings. The molecule has 1 aromatic carbocycles. The smallest absolute Gasteiger partial charge is 0.238 e. The van der Waals surface area contributed by atoms with Crippen molar-refractivity contribution in [2.75, 3.05) is 11.9 Å². The number of sulfonamides is 1. The zero-order chi connectivity index (χ0) is 13.1. The molecular weight excluding hydrogens is 242 g/mol. The van der Waals surface area contributed by atoms with Crippen LogP contribution in [-0.2, 0) is 14.8 Å². The highest BCUT2D eigenvalue weighted by Crippen LogP contribution is 2.19. The van der Waals surface area contributed by atoms with Gasteiger partial charge in [0.2, 0.25) is 15.9 Å². The molecule has 0 unspecified atom stereocenters. The number of nitrogens with one attached hydrogen (secondary N) is 1. The third kappa shape index (κ3) is 3.81. The van der Waals surface area contributed by atoms with Gasteiger partial charge in [0.1, 0.15) is 0 Å². The van der Waals surface area contributed by atoms with Gasteiger partial charge >= 0.3 is 0 Å². The third-order valence-electron chi connectivity index (χ3n) is 2.18. The van der Waals surface area contributed by atoms with Gasteiger partial charge in [-0.15, -0.1) is 0 Å². The maximum Gasteiger partial charge on any atom is 0.238 e. The lowest BCUT2D eigenvalue weighted by Crippen LogP contribution is -2.18. The van der Waals surface area contributed by atoms with Crippen LogP contribution in [0.2, 0.25) is 0 Å². The van der Waals surface area contributed by atoms with E-state index in [-0.39, 0.29) is 23.8 Å². The van der Waals surface area contributed by atoms with Gasteiger partial charge in [-0.3, -0.25) is 4.79 Å². The van der Waals surface area contributed by atoms with Crippen molar-refractivity contribution in [2.24, 2.45) is 10.9 Å². The SMILES string of the molecule is Cc1ccc(S(N)(=O)=O)cc1NC(=O)CCN. The van der Waals surface area contributed by atoms with Crippen molar-refractivity contribution < 1.29 is 13.2 Å². The van der Waals surface area contributed by atoms with Crippen LogP contribution in [0.3, 0.4) is 0 Å². The van der Waals surface area contributed by atoms with E-state index < -0.39 is 10.0 Å². The Morgan fingerprint density at radius 1 is 1.41 bits per heavy atom. The van der Waals surface area contributed by atoms with Crippen molar-refractivity contribution in [3.8, 4) is 0 Å². The van der Waals surface area contributed by atoms with Crippen molar-refractivity contribution in [1.29, 1.82) is 0 Å². The first kappa shape index (κ1) is 13.6. The summed E-state index contributed by atoms with van der Waals surface area (Å²) in [6.45, 7) is 1.99. The van der Waals surface area contributed by atoms with E-state index in [4.69, 9.17) is 10.9 Å². The van der Waals surface area contributed by atoms with E-state index in [1.807, 2.05) is 0 Å². The first-order valence-electron chi connectivity index (χ1n) is 4.98. The lowest BCUT2D eigenvalue weighted by Gasteiger charge is -2.09. The number of aryl methyl sites for hydroxylation is 1. The van der Waals surface area contributed by atoms with E-state index in [1.54, 1.807) is 13.0 Å². The lowest BCUT2D eigenvalue weighted by molar-refractivity contribution is -0.116. The van der Waals surface area contributed by atoms with Gasteiger partial charge in [-0.05, 0) is 24.6 Å². The van der Waals surface area contributed by atoms with Gasteiger partial charge in [0.15, 0.2) is 0 Å². The summed E-state index contributed by atoms with van der Waals surface area (Å²) in [6.07, 6.45) is 0.180. The molecule has 0 fully saturated rings. The predicted octanol–water partition coefficient (Wildman–Crippen LogP) is -0.0703. The second kappa shape index (κ2) is 5.26. The highest BCUT2D eigenvalue weighted by molar-refractivity contribution is 7.89. The van der Waals surface area contributed by atoms with E-state index in [1.165, 1.54) is 12.1 Å². The van der Waals surface area contributed by atoms with Crippen LogP contribution in [0.1, 0.15) is 12.0 Å². The maximum absolute atomic E-state index is 11.4. The summed E-state index contributed by atoms with van der Waals surface area (Å²) in [4.78, 5) is 11.3. The second-order valence-corrected chi connectivity index (χ2v) is 5.17. The number of rotatable bonds is 4. The van der Waals surface area contributed by atoms with E-state index in [2.05, 4.69) is 5.32 Å². The van der Waals surface area contributed by atoms with E-state index >= 15 is 0 Å². The van der Waals surface area contributed by atoms with E-state index in [0.29, 0.717) is 5.69 Å². The fourth-order valence-electron chi connectivity index (χ4n) is 1.26. The molecule has 94 valence electrons. The molecule has 0 aliphatic heterocycles. The standard InChI is InChI=1S/C10H15N3O3S/c1-7-2-3-8(17(12,15)16)6-9(7)13-10(14)4-5-11/h2-3,6H,4-5,11H2,1H3,(H,13,14)(H2,12,15,16). The van der Waals surface area contributed by atoms with Crippen LogP contribution in [0.25, 0.3) is 0 Å². The summed E-state index contributed by atoms with van der Waals surface area (Å²) in [5, 5.41) is 7.59. The Morgan fingerprint density at radius 3 is 2.59 bits per heavy atom. The molecule has 0 radical (unpaired) electrons. The minimum atomic E-state index is -3.77. The summed E-state index contributed by atoms with van der Waals surface area (Å²) in [5.41, 5.74) is 6.42. The van der Waals surface area contributed by atoms with Crippen LogP contribution < -0.4 is 16.2 Å². The molecule has 0 bridgehead atoms. The molecule has 1 amide bonds. The Labute approximate surface area is 100 Å². The number of carbonyl (C=O) groups is 1. The molecule has 5 N–H and O–H groups in total. The van der Waals surface area contributed by atoms with Crippen molar-refractivity contribution in [3.05, 3.63) is 23.8 Å². The quantitative estimate of drug-likeness (QED) is 0.700. The molecule has 7 heteroatoms. The molecular formula is C10H15N3O3S. The highest BCUT2D eigenvalue weighted by Gasteiger charge is 2.11. The number of hydrogen-bond donors (Lipinski definition) is 3. The number of hydrogen-bond acceptors (Lipinski definition) is 4. The van der Waals surface area contributed by atoms with Crippen molar-refractivity contribution in [1.82, 2.24) is 0 Å². The van der Waals surface area contributed by atoms with Crippen molar-refractivity contribution >= 4 is 21.6 Å². The van der Waals surface area contributed by atoms with Crippen molar-refractivity contribution in [3.63, 3.8) is 0 Å². The normalized spacial score (nSPS) is 11.2. The minimum Gasteiger partial charge on any atom is -0.330 e. The maximum atomic E-state index is 11.4. The van der Waals surface area contributed by atoms with Gasteiger partial charge in [0.25, 0.3) is 0 Å². The zero-order valence-electron chi connectivity index (χ0n) is 9.43. The fraction of sp³-hybridized carbons (Fsp3) is 0.300. The molecule has 0 heterocycles. The summed E-state index contributed by atoms with van der Waals surface area (Å²) in [5.74, 6) is -0.262. The average molecular weight is 257 g/mol. The molecule has 1 rings (SSSR count). The number of benzene rings is 1.